The highest BCUT2D eigenvalue weighted by atomic mass is 79.9. The number of hydrogen-bond donors (Lipinski definition) is 2. The van der Waals surface area contributed by atoms with Crippen LogP contribution >= 0.6 is 42.5 Å². The molecule has 4 atom stereocenters. The Hall–Kier alpha value is -10.7. The Bertz CT molecular complexity index is 6320. The predicted octanol–water partition coefficient (Wildman–Crippen LogP) is 17.6. The third-order valence-corrected chi connectivity index (χ3v) is 26.8. The number of hydrogen-bond acceptors (Lipinski definition) is 21. The Labute approximate surface area is 698 Å². The van der Waals surface area contributed by atoms with Crippen molar-refractivity contribution in [2.24, 2.45) is 11.8 Å². The fraction of sp³-hybridized carbons (Fsp3) is 0.247. The fourth-order valence-electron chi connectivity index (χ4n) is 15.1. The van der Waals surface area contributed by atoms with E-state index in [1.165, 1.54) is 33.3 Å². The van der Waals surface area contributed by atoms with Gasteiger partial charge in [0.25, 0.3) is 20.4 Å². The molecule has 18 rings (SSSR count). The largest absolute Gasteiger partial charge is 0.444 e. The van der Waals surface area contributed by atoms with E-state index in [4.69, 9.17) is 21.2 Å². The van der Waals surface area contributed by atoms with Crippen molar-refractivity contribution in [3.05, 3.63) is 277 Å². The Morgan fingerprint density at radius 1 is 0.470 bits per heavy atom. The van der Waals surface area contributed by atoms with Gasteiger partial charge in [-0.3, -0.25) is 55.1 Å². The Balaban J connectivity index is 0.000000129. The van der Waals surface area contributed by atoms with E-state index in [9.17, 15) is 50.3 Å². The highest BCUT2D eigenvalue weighted by Gasteiger charge is 2.48. The smallest absolute Gasteiger partial charge is 0.410 e. The molecule has 117 heavy (non-hydrogen) atoms. The monoisotopic (exact) mass is 1780 g/mol. The lowest BCUT2D eigenvalue weighted by Crippen LogP contribution is -2.43. The van der Waals surface area contributed by atoms with E-state index >= 15 is 0 Å². The second kappa shape index (κ2) is 36.4. The quantitative estimate of drug-likeness (QED) is 0.0647. The number of pyridine rings is 7. The summed E-state index contributed by atoms with van der Waals surface area (Å²) < 4.78 is 86.3. The lowest BCUT2D eigenvalue weighted by molar-refractivity contribution is -0.383. The summed E-state index contributed by atoms with van der Waals surface area (Å²) in [5.41, 5.74) is 10.8. The molecule has 7 aromatic heterocycles. The van der Waals surface area contributed by atoms with Crippen LogP contribution in [0.2, 0.25) is 0 Å². The number of rotatable bonds is 7. The number of non-ortho nitro benzene ring substituents is 2. The van der Waals surface area contributed by atoms with Crippen LogP contribution in [-0.2, 0) is 33.8 Å². The van der Waals surface area contributed by atoms with Crippen molar-refractivity contribution in [2.45, 2.75) is 101 Å². The minimum Gasteiger partial charge on any atom is -0.444 e. The first-order valence-electron chi connectivity index (χ1n) is 37.1. The molecule has 32 heteroatoms. The van der Waals surface area contributed by atoms with Crippen LogP contribution in [0.15, 0.2) is 244 Å². The standard InChI is InChI=1S/C21H27N3O4S.C16H19N3O2S.C10H8ClNO2S.C10H8N2O2.C10H10N2.C9H5BrN2O2.C9H6BrN/c1-14-10-22-11-15-6-5-7-18(19(14)15)29(26,27)23-12-16-8-9-24(17(16)13-23)20(25)28-21(2,3)4;1-11-7-17-8-12-3-2-4-15(16(11)12)22(20,21)19-9-13-5-6-18-14(13)10-19;1-7-5-12-6-8-3-2-4-9(10(7)8)15(11,13)14;1-7-5-11-6-8-3-2-4-9(10(7)8)12(13)14;1-7-5-12-6-8-3-2-4-9(11)10(7)8;10-7-5-11-4-6-2-1-3-8(9(6)7)12(13)14;10-9-6-11-5-7-3-1-2-4-8(7)9/h5-7,10-11,16-17H,8-9,12-13H2,1-4H3;2-4,7-8,13-14,18H,5-6,9-10H2,1H3;2-6H,1H3;2-6H,1H3;2-6H,11H2,1H3;1-5H;1-6H/t16-,17+;13-,14+;;;;;/m00...../s1. The molecule has 7 aromatic carbocycles. The summed E-state index contributed by atoms with van der Waals surface area (Å²) >= 11 is 6.68. The van der Waals surface area contributed by atoms with Gasteiger partial charge in [0.15, 0.2) is 0 Å². The maximum Gasteiger partial charge on any atom is 0.410 e. The van der Waals surface area contributed by atoms with Gasteiger partial charge in [0, 0.05) is 218 Å². The number of amides is 1. The maximum absolute atomic E-state index is 13.5. The molecule has 14 aromatic rings. The van der Waals surface area contributed by atoms with E-state index in [-0.39, 0.29) is 39.2 Å². The van der Waals surface area contributed by atoms with Crippen LogP contribution in [0.3, 0.4) is 0 Å². The summed E-state index contributed by atoms with van der Waals surface area (Å²) in [5.74, 6) is 0.586. The van der Waals surface area contributed by atoms with Gasteiger partial charge in [0.2, 0.25) is 20.0 Å². The summed E-state index contributed by atoms with van der Waals surface area (Å²) in [6.07, 6.45) is 25.3. The number of anilines is 1. The second-order valence-corrected chi connectivity index (χ2v) is 37.6. The van der Waals surface area contributed by atoms with E-state index in [2.05, 4.69) is 78.1 Å². The first-order chi connectivity index (χ1) is 55.7. The number of ether oxygens (including phenoxy) is 1. The zero-order valence-corrected chi connectivity index (χ0v) is 71.3. The average Bonchev–Trinajstić information content (AvgIpc) is 1.38. The molecule has 4 aliphatic rings. The third-order valence-electron chi connectivity index (χ3n) is 20.5. The van der Waals surface area contributed by atoms with Gasteiger partial charge in [0.1, 0.15) is 5.60 Å². The Morgan fingerprint density at radius 3 is 1.33 bits per heavy atom. The van der Waals surface area contributed by atoms with Crippen molar-refractivity contribution in [3.8, 4) is 0 Å². The van der Waals surface area contributed by atoms with Gasteiger partial charge in [-0.2, -0.15) is 8.61 Å². The second-order valence-electron chi connectivity index (χ2n) is 29.5. The van der Waals surface area contributed by atoms with Gasteiger partial charge in [-0.15, -0.1) is 0 Å². The van der Waals surface area contributed by atoms with E-state index < -0.39 is 39.6 Å². The zero-order valence-electron chi connectivity index (χ0n) is 65.0. The van der Waals surface area contributed by atoms with Crippen LogP contribution in [0.1, 0.15) is 61.4 Å². The van der Waals surface area contributed by atoms with Crippen LogP contribution in [0.5, 0.6) is 0 Å². The van der Waals surface area contributed by atoms with Gasteiger partial charge >= 0.3 is 6.09 Å². The van der Waals surface area contributed by atoms with Crippen LogP contribution in [-0.4, -0.2) is 147 Å². The Kier molecular flexibility index (Phi) is 26.6. The van der Waals surface area contributed by atoms with Crippen LogP contribution in [0.4, 0.5) is 21.9 Å². The molecule has 4 saturated heterocycles. The number of benzene rings is 7. The molecule has 604 valence electrons. The minimum atomic E-state index is -3.71. The highest BCUT2D eigenvalue weighted by Crippen LogP contribution is 2.40. The van der Waals surface area contributed by atoms with Crippen LogP contribution in [0.25, 0.3) is 75.4 Å². The molecular weight excluding hydrogens is 1700 g/mol. The number of nitrogens with zero attached hydrogens (tertiary/aromatic N) is 12. The lowest BCUT2D eigenvalue weighted by Gasteiger charge is -2.28. The van der Waals surface area contributed by atoms with Crippen molar-refractivity contribution in [3.63, 3.8) is 0 Å². The van der Waals surface area contributed by atoms with E-state index in [1.54, 1.807) is 133 Å². The van der Waals surface area contributed by atoms with E-state index in [0.717, 1.165) is 100 Å². The number of nitrogens with two attached hydrogens (primary N) is 1. The normalized spacial score (nSPS) is 16.5. The number of fused-ring (bicyclic) bond motifs is 9. The molecule has 26 nitrogen and oxygen atoms in total. The molecule has 0 unspecified atom stereocenters. The highest BCUT2D eigenvalue weighted by molar-refractivity contribution is 9.11. The third kappa shape index (κ3) is 19.4. The SMILES string of the molecule is Brc1cncc2ccccc12.Cc1cncc2cccc(N)c12.Cc1cncc2cccc(S(=O)(=O)Cl)c12.Cc1cncc2cccc(S(=O)(=O)N3C[C@@H]4CCN(C(=O)OC(C)(C)C)[C@@H]4C3)c12.Cc1cncc2cccc(S(=O)(=O)N3C[C@@H]4CCN[C@@H]4C3)c12.Cc1cncc2cccc([N+](=O)[O-])c12.O=[N+]([O-])c1cccc2cncc(Br)c12. The molecule has 4 fully saturated rings. The number of sulfonamides is 2. The predicted molar refractivity (Wildman–Crippen MR) is 464 cm³/mol. The molecule has 0 radical (unpaired) electrons. The van der Waals surface area contributed by atoms with Crippen molar-refractivity contribution in [2.75, 3.05) is 45.0 Å². The zero-order chi connectivity index (χ0) is 83.8. The van der Waals surface area contributed by atoms with Crippen LogP contribution in [0, 0.1) is 66.7 Å². The topological polar surface area (TPSA) is 353 Å². The average molecular weight is 1780 g/mol. The molecule has 0 aliphatic carbocycles. The summed E-state index contributed by atoms with van der Waals surface area (Å²) in [6.45, 7) is 18.5. The summed E-state index contributed by atoms with van der Waals surface area (Å²) in [4.78, 5) is 64.3. The number of nitrogen functional groups attached to an aromatic ring is 1. The van der Waals surface area contributed by atoms with E-state index in [1.807, 2.05) is 128 Å². The number of carbonyl (C=O) groups is 1. The summed E-state index contributed by atoms with van der Waals surface area (Å²) in [6, 6.07) is 39.8. The molecule has 0 bridgehead atoms. The molecule has 3 N–H and O–H groups in total. The number of nitrogens with one attached hydrogen (secondary N) is 1. The molecule has 4 aliphatic heterocycles. The van der Waals surface area contributed by atoms with Gasteiger partial charge in [0.05, 0.1) is 45.8 Å². The number of nitro benzene ring substituents is 2. The van der Waals surface area contributed by atoms with Gasteiger partial charge < -0.3 is 20.7 Å². The number of carbonyl (C=O) groups excluding carboxylic acids is 1. The molecular formula is C85H83Br2ClN14O12S3. The maximum atomic E-state index is 13.5. The lowest BCUT2D eigenvalue weighted by atomic mass is 10.1. The molecule has 1 amide bonds. The van der Waals surface area contributed by atoms with Crippen LogP contribution < -0.4 is 11.1 Å². The van der Waals surface area contributed by atoms with E-state index in [0.29, 0.717) is 80.5 Å². The van der Waals surface area contributed by atoms with Crippen molar-refractivity contribution < 1.29 is 44.6 Å². The Morgan fingerprint density at radius 2 is 0.855 bits per heavy atom. The number of likely N-dealkylation sites (tertiary alicyclic amines) is 1. The van der Waals surface area contributed by atoms with Gasteiger partial charge in [-0.05, 0) is 176 Å². The van der Waals surface area contributed by atoms with Crippen molar-refractivity contribution in [1.29, 1.82) is 0 Å². The van der Waals surface area contributed by atoms with Crippen molar-refractivity contribution >= 4 is 170 Å². The number of aromatic nitrogens is 7. The fourth-order valence-corrected chi connectivity index (χ4v) is 20.9. The summed E-state index contributed by atoms with van der Waals surface area (Å²) in [7, 11) is -5.50. The van der Waals surface area contributed by atoms with Crippen molar-refractivity contribution in [1.82, 2.24) is 53.7 Å². The first-order valence-corrected chi connectivity index (χ1v) is 43.9. The molecule has 0 saturated carbocycles. The summed E-state index contributed by atoms with van der Waals surface area (Å²) in [5, 5.41) is 36.9. The minimum absolute atomic E-state index is 0.0942. The van der Waals surface area contributed by atoms with Gasteiger partial charge in [-0.25, -0.2) is 30.0 Å². The van der Waals surface area contributed by atoms with Gasteiger partial charge in [-0.1, -0.05) is 97.1 Å². The molecule has 0 spiro atoms. The molecule has 11 heterocycles. The number of aryl methyl sites for hydroxylation is 5. The number of nitro groups is 2. The first kappa shape index (κ1) is 85.6. The number of halogens is 3.